The lowest BCUT2D eigenvalue weighted by Gasteiger charge is -2.20. The number of rotatable bonds is 8. The molecule has 1 aromatic carbocycles. The molecule has 0 aliphatic rings. The quantitative estimate of drug-likeness (QED) is 0.808. The summed E-state index contributed by atoms with van der Waals surface area (Å²) >= 11 is 0. The fraction of sp³-hybridized carbons (Fsp3) is 0.368. The first-order valence-corrected chi connectivity index (χ1v) is 8.33. The fourth-order valence-corrected chi connectivity index (χ4v) is 2.49. The molecule has 0 saturated carbocycles. The van der Waals surface area contributed by atoms with E-state index in [1.807, 2.05) is 12.1 Å². The summed E-state index contributed by atoms with van der Waals surface area (Å²) in [5, 5.41) is 2.86. The molecule has 5 heteroatoms. The average molecular weight is 329 g/mol. The number of hydrogen-bond acceptors (Lipinski definition) is 3. The molecule has 1 heterocycles. The van der Waals surface area contributed by atoms with Gasteiger partial charge in [-0.25, -0.2) is 9.37 Å². The summed E-state index contributed by atoms with van der Waals surface area (Å²) in [6.07, 6.45) is 2.88. The van der Waals surface area contributed by atoms with Crippen molar-refractivity contribution in [1.29, 1.82) is 0 Å². The van der Waals surface area contributed by atoms with Crippen LogP contribution in [0.25, 0.3) is 0 Å². The first-order valence-electron chi connectivity index (χ1n) is 8.33. The van der Waals surface area contributed by atoms with Crippen LogP contribution in [0.15, 0.2) is 42.6 Å². The lowest BCUT2D eigenvalue weighted by molar-refractivity contribution is -0.121. The van der Waals surface area contributed by atoms with E-state index >= 15 is 0 Å². The molecule has 0 unspecified atom stereocenters. The Morgan fingerprint density at radius 3 is 2.50 bits per heavy atom. The highest BCUT2D eigenvalue weighted by Crippen LogP contribution is 2.13. The van der Waals surface area contributed by atoms with Gasteiger partial charge in [0.15, 0.2) is 0 Å². The maximum Gasteiger partial charge on any atom is 0.220 e. The van der Waals surface area contributed by atoms with Crippen molar-refractivity contribution >= 4 is 11.7 Å². The van der Waals surface area contributed by atoms with Crippen molar-refractivity contribution in [3.63, 3.8) is 0 Å². The molecule has 0 atom stereocenters. The summed E-state index contributed by atoms with van der Waals surface area (Å²) in [5.41, 5.74) is 1.99. The fourth-order valence-electron chi connectivity index (χ4n) is 2.49. The predicted octanol–water partition coefficient (Wildman–Crippen LogP) is 3.32. The lowest BCUT2D eigenvalue weighted by Crippen LogP contribution is -2.24. The summed E-state index contributed by atoms with van der Waals surface area (Å²) in [4.78, 5) is 18.5. The third kappa shape index (κ3) is 5.33. The SMILES string of the molecule is CCN(CC)c1cc(CCC(=O)NCc2ccc(F)cc2)ccn1. The Bertz CT molecular complexity index is 654. The molecule has 4 nitrogen and oxygen atoms in total. The minimum atomic E-state index is -0.272. The molecule has 1 amide bonds. The van der Waals surface area contributed by atoms with Gasteiger partial charge in [-0.3, -0.25) is 4.79 Å². The maximum atomic E-state index is 12.8. The van der Waals surface area contributed by atoms with Gasteiger partial charge in [-0.1, -0.05) is 12.1 Å². The van der Waals surface area contributed by atoms with Crippen LogP contribution in [-0.2, 0) is 17.8 Å². The first-order chi connectivity index (χ1) is 11.6. The van der Waals surface area contributed by atoms with Crippen molar-refractivity contribution in [3.8, 4) is 0 Å². The minimum Gasteiger partial charge on any atom is -0.357 e. The second kappa shape index (κ2) is 9.01. The number of carbonyl (C=O) groups excluding carboxylic acids is 1. The molecule has 0 aliphatic heterocycles. The number of aryl methyl sites for hydroxylation is 1. The van der Waals surface area contributed by atoms with Gasteiger partial charge in [-0.05, 0) is 55.7 Å². The predicted molar refractivity (Wildman–Crippen MR) is 94.4 cm³/mol. The molecule has 0 fully saturated rings. The van der Waals surface area contributed by atoms with Crippen LogP contribution in [0, 0.1) is 5.82 Å². The van der Waals surface area contributed by atoms with Crippen LogP contribution in [0.1, 0.15) is 31.4 Å². The number of nitrogens with one attached hydrogen (secondary N) is 1. The van der Waals surface area contributed by atoms with E-state index in [0.717, 1.165) is 30.0 Å². The number of aromatic nitrogens is 1. The molecule has 24 heavy (non-hydrogen) atoms. The molecule has 0 spiro atoms. The van der Waals surface area contributed by atoms with E-state index in [1.165, 1.54) is 12.1 Å². The number of benzene rings is 1. The Morgan fingerprint density at radius 1 is 1.12 bits per heavy atom. The third-order valence-corrected chi connectivity index (χ3v) is 3.94. The van der Waals surface area contributed by atoms with Gasteiger partial charge >= 0.3 is 0 Å². The second-order valence-electron chi connectivity index (χ2n) is 5.60. The van der Waals surface area contributed by atoms with Crippen molar-refractivity contribution in [2.24, 2.45) is 0 Å². The van der Waals surface area contributed by atoms with E-state index in [0.29, 0.717) is 19.4 Å². The Labute approximate surface area is 142 Å². The molecule has 0 saturated heterocycles. The van der Waals surface area contributed by atoms with Crippen LogP contribution in [0.2, 0.25) is 0 Å². The Kier molecular flexibility index (Phi) is 6.73. The zero-order valence-corrected chi connectivity index (χ0v) is 14.3. The molecule has 128 valence electrons. The van der Waals surface area contributed by atoms with Gasteiger partial charge in [-0.15, -0.1) is 0 Å². The van der Waals surface area contributed by atoms with Gasteiger partial charge in [0.25, 0.3) is 0 Å². The average Bonchev–Trinajstić information content (AvgIpc) is 2.61. The summed E-state index contributed by atoms with van der Waals surface area (Å²) in [5.74, 6) is 0.663. The normalized spacial score (nSPS) is 10.5. The molecular weight excluding hydrogens is 305 g/mol. The van der Waals surface area contributed by atoms with Gasteiger partial charge in [0.2, 0.25) is 5.91 Å². The molecule has 0 aliphatic carbocycles. The number of anilines is 1. The Morgan fingerprint density at radius 2 is 1.83 bits per heavy atom. The Balaban J connectivity index is 1.83. The smallest absolute Gasteiger partial charge is 0.220 e. The molecule has 2 aromatic rings. The monoisotopic (exact) mass is 329 g/mol. The van der Waals surface area contributed by atoms with Crippen LogP contribution in [-0.4, -0.2) is 24.0 Å². The minimum absolute atomic E-state index is 0.0134. The van der Waals surface area contributed by atoms with Gasteiger partial charge < -0.3 is 10.2 Å². The van der Waals surface area contributed by atoms with E-state index < -0.39 is 0 Å². The molecular formula is C19H24FN3O. The topological polar surface area (TPSA) is 45.2 Å². The van der Waals surface area contributed by atoms with Crippen molar-refractivity contribution in [2.45, 2.75) is 33.2 Å². The summed E-state index contributed by atoms with van der Waals surface area (Å²) in [6, 6.07) is 10.1. The van der Waals surface area contributed by atoms with E-state index in [1.54, 1.807) is 18.3 Å². The summed E-state index contributed by atoms with van der Waals surface area (Å²) in [7, 11) is 0. The molecule has 1 aromatic heterocycles. The van der Waals surface area contributed by atoms with Crippen molar-refractivity contribution < 1.29 is 9.18 Å². The van der Waals surface area contributed by atoms with E-state index in [4.69, 9.17) is 0 Å². The van der Waals surface area contributed by atoms with Crippen molar-refractivity contribution in [1.82, 2.24) is 10.3 Å². The number of hydrogen-bond donors (Lipinski definition) is 1. The van der Waals surface area contributed by atoms with Crippen LogP contribution in [0.4, 0.5) is 10.2 Å². The van der Waals surface area contributed by atoms with Gasteiger partial charge in [-0.2, -0.15) is 0 Å². The lowest BCUT2D eigenvalue weighted by atomic mass is 10.1. The van der Waals surface area contributed by atoms with Crippen LogP contribution in [0.5, 0.6) is 0 Å². The zero-order valence-electron chi connectivity index (χ0n) is 14.3. The van der Waals surface area contributed by atoms with E-state index in [2.05, 4.69) is 29.0 Å². The Hall–Kier alpha value is -2.43. The number of halogens is 1. The largest absolute Gasteiger partial charge is 0.357 e. The van der Waals surface area contributed by atoms with E-state index in [9.17, 15) is 9.18 Å². The number of amides is 1. The molecule has 2 rings (SSSR count). The zero-order chi connectivity index (χ0) is 17.4. The molecule has 1 N–H and O–H groups in total. The standard InChI is InChI=1S/C19H24FN3O/c1-3-23(4-2)18-13-15(11-12-21-18)7-10-19(24)22-14-16-5-8-17(20)9-6-16/h5-6,8-9,11-13H,3-4,7,10,14H2,1-2H3,(H,22,24). The number of pyridine rings is 1. The molecule has 0 radical (unpaired) electrons. The van der Waals surface area contributed by atoms with Gasteiger partial charge in [0.05, 0.1) is 0 Å². The van der Waals surface area contributed by atoms with Crippen molar-refractivity contribution in [2.75, 3.05) is 18.0 Å². The highest BCUT2D eigenvalue weighted by molar-refractivity contribution is 5.76. The highest BCUT2D eigenvalue weighted by Gasteiger charge is 2.06. The van der Waals surface area contributed by atoms with Crippen LogP contribution < -0.4 is 10.2 Å². The first kappa shape index (κ1) is 17.9. The summed E-state index contributed by atoms with van der Waals surface area (Å²) in [6.45, 7) is 6.43. The van der Waals surface area contributed by atoms with Gasteiger partial charge in [0.1, 0.15) is 11.6 Å². The van der Waals surface area contributed by atoms with Crippen molar-refractivity contribution in [3.05, 3.63) is 59.5 Å². The number of carbonyl (C=O) groups is 1. The summed E-state index contributed by atoms with van der Waals surface area (Å²) < 4.78 is 12.8. The third-order valence-electron chi connectivity index (χ3n) is 3.94. The van der Waals surface area contributed by atoms with Crippen LogP contribution in [0.3, 0.4) is 0 Å². The van der Waals surface area contributed by atoms with Crippen LogP contribution >= 0.6 is 0 Å². The second-order valence-corrected chi connectivity index (χ2v) is 5.60. The maximum absolute atomic E-state index is 12.8. The van der Waals surface area contributed by atoms with Gasteiger partial charge in [0, 0.05) is 32.3 Å². The molecule has 0 bridgehead atoms. The highest BCUT2D eigenvalue weighted by atomic mass is 19.1. The van der Waals surface area contributed by atoms with E-state index in [-0.39, 0.29) is 11.7 Å². The number of nitrogens with zero attached hydrogens (tertiary/aromatic N) is 2.